The molecule has 1 aromatic carbocycles. The van der Waals surface area contributed by atoms with Crippen molar-refractivity contribution < 1.29 is 9.53 Å². The van der Waals surface area contributed by atoms with Gasteiger partial charge in [-0.2, -0.15) is 0 Å². The van der Waals surface area contributed by atoms with E-state index in [2.05, 4.69) is 18.2 Å². The van der Waals surface area contributed by atoms with E-state index in [1.807, 2.05) is 12.4 Å². The molecule has 2 nitrogen and oxygen atoms in total. The minimum atomic E-state index is 0.184. The molecule has 0 spiro atoms. The molecule has 1 radical (unpaired) electrons. The SMILES string of the molecule is O=[C]CCOC1CCCc2ccccc21. The Bertz CT molecular complexity index is 333. The summed E-state index contributed by atoms with van der Waals surface area (Å²) in [7, 11) is 0. The lowest BCUT2D eigenvalue weighted by atomic mass is 9.89. The first kappa shape index (κ1) is 10.4. The van der Waals surface area contributed by atoms with E-state index >= 15 is 0 Å². The van der Waals surface area contributed by atoms with Crippen molar-refractivity contribution in [3.63, 3.8) is 0 Å². The molecule has 0 N–H and O–H groups in total. The standard InChI is InChI=1S/C13H15O2/c14-9-4-10-15-13-8-3-6-11-5-1-2-7-12(11)13/h1-2,5,7,13H,3-4,6,8,10H2. The highest BCUT2D eigenvalue weighted by molar-refractivity contribution is 5.50. The van der Waals surface area contributed by atoms with E-state index in [4.69, 9.17) is 4.74 Å². The summed E-state index contributed by atoms with van der Waals surface area (Å²) in [5, 5.41) is 0. The van der Waals surface area contributed by atoms with E-state index in [0.29, 0.717) is 13.0 Å². The molecule has 1 aliphatic rings. The first-order valence-electron chi connectivity index (χ1n) is 5.46. The smallest absolute Gasteiger partial charge is 0.200 e. The highest BCUT2D eigenvalue weighted by Crippen LogP contribution is 2.32. The number of carbonyl (C=O) groups excluding carboxylic acids is 1. The number of benzene rings is 1. The Morgan fingerprint density at radius 1 is 1.40 bits per heavy atom. The molecule has 0 fully saturated rings. The van der Waals surface area contributed by atoms with Gasteiger partial charge in [-0.25, -0.2) is 0 Å². The number of fused-ring (bicyclic) bond motifs is 1. The zero-order chi connectivity index (χ0) is 10.5. The molecule has 1 aliphatic carbocycles. The predicted octanol–water partition coefficient (Wildman–Crippen LogP) is 2.58. The molecule has 1 aromatic rings. The topological polar surface area (TPSA) is 26.3 Å². The van der Waals surface area contributed by atoms with Crippen LogP contribution in [0.3, 0.4) is 0 Å². The lowest BCUT2D eigenvalue weighted by molar-refractivity contribution is 0.0453. The number of hydrogen-bond acceptors (Lipinski definition) is 2. The van der Waals surface area contributed by atoms with Crippen LogP contribution in [0, 0.1) is 0 Å². The molecular formula is C13H15O2. The van der Waals surface area contributed by atoms with Gasteiger partial charge in [0.2, 0.25) is 6.29 Å². The summed E-state index contributed by atoms with van der Waals surface area (Å²) < 4.78 is 5.69. The first-order chi connectivity index (χ1) is 7.42. The van der Waals surface area contributed by atoms with Crippen LogP contribution in [0.5, 0.6) is 0 Å². The van der Waals surface area contributed by atoms with Gasteiger partial charge < -0.3 is 4.74 Å². The molecule has 0 bridgehead atoms. The van der Waals surface area contributed by atoms with Crippen molar-refractivity contribution in [3.05, 3.63) is 35.4 Å². The predicted molar refractivity (Wildman–Crippen MR) is 58.4 cm³/mol. The first-order valence-corrected chi connectivity index (χ1v) is 5.46. The summed E-state index contributed by atoms with van der Waals surface area (Å²) in [6.45, 7) is 0.489. The van der Waals surface area contributed by atoms with Crippen LogP contribution in [0.1, 0.15) is 36.5 Å². The number of aryl methyl sites for hydroxylation is 1. The van der Waals surface area contributed by atoms with Gasteiger partial charge in [-0.15, -0.1) is 0 Å². The zero-order valence-corrected chi connectivity index (χ0v) is 8.74. The van der Waals surface area contributed by atoms with Crippen molar-refractivity contribution in [2.45, 2.75) is 31.8 Å². The molecule has 0 saturated carbocycles. The van der Waals surface area contributed by atoms with Crippen LogP contribution in [0.15, 0.2) is 24.3 Å². The summed E-state index contributed by atoms with van der Waals surface area (Å²) in [6.07, 6.45) is 5.80. The molecule has 1 unspecified atom stereocenters. The second-order valence-corrected chi connectivity index (χ2v) is 3.84. The van der Waals surface area contributed by atoms with Gasteiger partial charge in [0.05, 0.1) is 12.7 Å². The Morgan fingerprint density at radius 3 is 3.13 bits per heavy atom. The van der Waals surface area contributed by atoms with Gasteiger partial charge in [0.1, 0.15) is 0 Å². The Hall–Kier alpha value is -1.15. The normalized spacial score (nSPS) is 19.6. The van der Waals surface area contributed by atoms with E-state index in [1.165, 1.54) is 17.5 Å². The van der Waals surface area contributed by atoms with Crippen molar-refractivity contribution in [1.29, 1.82) is 0 Å². The molecule has 15 heavy (non-hydrogen) atoms. The van der Waals surface area contributed by atoms with Crippen LogP contribution in [-0.2, 0) is 16.0 Å². The highest BCUT2D eigenvalue weighted by atomic mass is 16.5. The Kier molecular flexibility index (Phi) is 3.51. The molecule has 0 amide bonds. The molecule has 0 aliphatic heterocycles. The number of rotatable bonds is 4. The molecular weight excluding hydrogens is 188 g/mol. The fraction of sp³-hybridized carbons (Fsp3) is 0.462. The molecule has 0 saturated heterocycles. The number of hydrogen-bond donors (Lipinski definition) is 0. The fourth-order valence-corrected chi connectivity index (χ4v) is 2.13. The van der Waals surface area contributed by atoms with Gasteiger partial charge in [0.15, 0.2) is 0 Å². The zero-order valence-electron chi connectivity index (χ0n) is 8.74. The molecule has 2 heteroatoms. The van der Waals surface area contributed by atoms with Gasteiger partial charge in [-0.05, 0) is 30.4 Å². The molecule has 0 heterocycles. The molecule has 2 rings (SSSR count). The summed E-state index contributed by atoms with van der Waals surface area (Å²) >= 11 is 0. The molecule has 79 valence electrons. The average Bonchev–Trinajstić information content (AvgIpc) is 2.30. The van der Waals surface area contributed by atoms with E-state index < -0.39 is 0 Å². The third kappa shape index (κ3) is 2.45. The van der Waals surface area contributed by atoms with Gasteiger partial charge in [0.25, 0.3) is 0 Å². The monoisotopic (exact) mass is 203 g/mol. The quantitative estimate of drug-likeness (QED) is 0.703. The fourth-order valence-electron chi connectivity index (χ4n) is 2.13. The van der Waals surface area contributed by atoms with Crippen LogP contribution in [0.2, 0.25) is 0 Å². The molecule has 0 aromatic heterocycles. The van der Waals surface area contributed by atoms with Crippen molar-refractivity contribution >= 4 is 6.29 Å². The summed E-state index contributed by atoms with van der Waals surface area (Å²) in [5.41, 5.74) is 2.69. The maximum atomic E-state index is 10.1. The van der Waals surface area contributed by atoms with E-state index in [-0.39, 0.29) is 6.10 Å². The van der Waals surface area contributed by atoms with Crippen molar-refractivity contribution in [1.82, 2.24) is 0 Å². The molecule has 1 atom stereocenters. The number of ether oxygens (including phenoxy) is 1. The van der Waals surface area contributed by atoms with Crippen LogP contribution < -0.4 is 0 Å². The average molecular weight is 203 g/mol. The van der Waals surface area contributed by atoms with Crippen molar-refractivity contribution in [3.8, 4) is 0 Å². The van der Waals surface area contributed by atoms with Crippen LogP contribution in [0.4, 0.5) is 0 Å². The van der Waals surface area contributed by atoms with Crippen LogP contribution in [0.25, 0.3) is 0 Å². The maximum Gasteiger partial charge on any atom is 0.200 e. The van der Waals surface area contributed by atoms with Crippen LogP contribution >= 0.6 is 0 Å². The summed E-state index contributed by atoms with van der Waals surface area (Å²) in [4.78, 5) is 10.1. The van der Waals surface area contributed by atoms with Gasteiger partial charge >= 0.3 is 0 Å². The van der Waals surface area contributed by atoms with Gasteiger partial charge in [-0.3, -0.25) is 4.79 Å². The lowest BCUT2D eigenvalue weighted by Crippen LogP contribution is -2.13. The maximum absolute atomic E-state index is 10.1. The largest absolute Gasteiger partial charge is 0.373 e. The van der Waals surface area contributed by atoms with Crippen LogP contribution in [-0.4, -0.2) is 12.9 Å². The van der Waals surface area contributed by atoms with E-state index in [1.54, 1.807) is 0 Å². The lowest BCUT2D eigenvalue weighted by Gasteiger charge is -2.25. The third-order valence-electron chi connectivity index (χ3n) is 2.84. The Morgan fingerprint density at radius 2 is 2.27 bits per heavy atom. The third-order valence-corrected chi connectivity index (χ3v) is 2.84. The Balaban J connectivity index is 2.05. The van der Waals surface area contributed by atoms with E-state index in [9.17, 15) is 4.79 Å². The summed E-state index contributed by atoms with van der Waals surface area (Å²) in [5.74, 6) is 0. The van der Waals surface area contributed by atoms with Gasteiger partial charge in [-0.1, -0.05) is 24.3 Å². The van der Waals surface area contributed by atoms with Crippen molar-refractivity contribution in [2.24, 2.45) is 0 Å². The minimum absolute atomic E-state index is 0.184. The highest BCUT2D eigenvalue weighted by Gasteiger charge is 2.19. The van der Waals surface area contributed by atoms with Crippen molar-refractivity contribution in [2.75, 3.05) is 6.61 Å². The Labute approximate surface area is 90.3 Å². The summed E-state index contributed by atoms with van der Waals surface area (Å²) in [6, 6.07) is 8.41. The second kappa shape index (κ2) is 5.08. The minimum Gasteiger partial charge on any atom is -0.373 e. The van der Waals surface area contributed by atoms with E-state index in [0.717, 1.165) is 12.8 Å². The van der Waals surface area contributed by atoms with Gasteiger partial charge in [0, 0.05) is 6.42 Å². The second-order valence-electron chi connectivity index (χ2n) is 3.84.